The van der Waals surface area contributed by atoms with Crippen molar-refractivity contribution in [2.45, 2.75) is 18.4 Å². The van der Waals surface area contributed by atoms with Gasteiger partial charge in [-0.05, 0) is 37.1 Å². The summed E-state index contributed by atoms with van der Waals surface area (Å²) in [6.45, 7) is 1.44. The zero-order valence-electron chi connectivity index (χ0n) is 10.7. The van der Waals surface area contributed by atoms with Gasteiger partial charge in [-0.1, -0.05) is 11.6 Å². The first-order valence-corrected chi connectivity index (χ1v) is 8.22. The molecule has 1 saturated carbocycles. The Morgan fingerprint density at radius 3 is 2.42 bits per heavy atom. The molecule has 0 saturated heterocycles. The number of rotatable bonds is 5. The Kier molecular flexibility index (Phi) is 3.90. The zero-order valence-corrected chi connectivity index (χ0v) is 12.3. The Bertz CT molecular complexity index is 527. The minimum atomic E-state index is -3.15. The lowest BCUT2D eigenvalue weighted by atomic mass is 10.3. The second-order valence-electron chi connectivity index (χ2n) is 4.58. The molecule has 1 aromatic carbocycles. The third kappa shape index (κ3) is 3.50. The van der Waals surface area contributed by atoms with E-state index in [2.05, 4.69) is 5.09 Å². The van der Waals surface area contributed by atoms with E-state index in [1.54, 1.807) is 24.3 Å². The van der Waals surface area contributed by atoms with Gasteiger partial charge in [-0.3, -0.25) is 9.36 Å². The predicted octanol–water partition coefficient (Wildman–Crippen LogP) is 2.84. The third-order valence-electron chi connectivity index (χ3n) is 2.84. The van der Waals surface area contributed by atoms with Gasteiger partial charge in [0.05, 0.1) is 7.11 Å². The largest absolute Gasteiger partial charge is 0.468 e. The van der Waals surface area contributed by atoms with Crippen LogP contribution >= 0.6 is 19.1 Å². The fraction of sp³-hybridized carbons (Fsp3) is 0.417. The van der Waals surface area contributed by atoms with Crippen LogP contribution in [0.3, 0.4) is 0 Å². The van der Waals surface area contributed by atoms with Gasteiger partial charge in [0.1, 0.15) is 11.3 Å². The molecule has 0 aliphatic heterocycles. The summed E-state index contributed by atoms with van der Waals surface area (Å²) < 4.78 is 22.5. The predicted molar refractivity (Wildman–Crippen MR) is 72.7 cm³/mol. The number of hydrogen-bond donors (Lipinski definition) is 1. The van der Waals surface area contributed by atoms with Crippen LogP contribution in [-0.4, -0.2) is 25.3 Å². The first kappa shape index (κ1) is 14.4. The number of esters is 1. The highest BCUT2D eigenvalue weighted by Gasteiger charge is 2.54. The monoisotopic (exact) mass is 303 g/mol. The van der Waals surface area contributed by atoms with Crippen molar-refractivity contribution in [1.82, 2.24) is 5.09 Å². The minimum Gasteiger partial charge on any atom is -0.468 e. The van der Waals surface area contributed by atoms with Gasteiger partial charge in [0, 0.05) is 11.7 Å². The molecule has 1 fully saturated rings. The van der Waals surface area contributed by atoms with Crippen LogP contribution in [0.15, 0.2) is 24.3 Å². The molecule has 0 bridgehead atoms. The maximum Gasteiger partial charge on any atom is 0.326 e. The second-order valence-corrected chi connectivity index (χ2v) is 7.11. The van der Waals surface area contributed by atoms with Gasteiger partial charge < -0.3 is 9.26 Å². The summed E-state index contributed by atoms with van der Waals surface area (Å²) in [4.78, 5) is 11.6. The second kappa shape index (κ2) is 5.16. The molecule has 5 nitrogen and oxygen atoms in total. The average molecular weight is 304 g/mol. The Labute approximate surface area is 116 Å². The molecule has 0 radical (unpaired) electrons. The van der Waals surface area contributed by atoms with Crippen molar-refractivity contribution >= 4 is 25.1 Å². The zero-order chi connectivity index (χ0) is 14.1. The highest BCUT2D eigenvalue weighted by atomic mass is 35.5. The Hall–Kier alpha value is -1.03. The van der Waals surface area contributed by atoms with Gasteiger partial charge in [-0.25, -0.2) is 5.09 Å². The summed E-state index contributed by atoms with van der Waals surface area (Å²) in [5, 5.41) is 3.35. The molecule has 1 aliphatic rings. The van der Waals surface area contributed by atoms with E-state index in [0.29, 0.717) is 23.6 Å². The molecule has 1 unspecified atom stereocenters. The minimum absolute atomic E-state index is 0.408. The lowest BCUT2D eigenvalue weighted by molar-refractivity contribution is -0.143. The van der Waals surface area contributed by atoms with Crippen LogP contribution in [0.5, 0.6) is 5.75 Å². The number of carbonyl (C=O) groups is 1. The molecule has 1 aliphatic carbocycles. The van der Waals surface area contributed by atoms with E-state index in [9.17, 15) is 9.36 Å². The summed E-state index contributed by atoms with van der Waals surface area (Å²) in [5.74, 6) is 0.0256. The molecule has 0 heterocycles. The lowest BCUT2D eigenvalue weighted by Crippen LogP contribution is -2.38. The van der Waals surface area contributed by atoms with Crippen LogP contribution in [0.4, 0.5) is 0 Å². The highest BCUT2D eigenvalue weighted by Crippen LogP contribution is 2.48. The van der Waals surface area contributed by atoms with Crippen molar-refractivity contribution in [3.63, 3.8) is 0 Å². The number of hydrogen-bond acceptors (Lipinski definition) is 4. The molecular weight excluding hydrogens is 289 g/mol. The van der Waals surface area contributed by atoms with E-state index >= 15 is 0 Å². The third-order valence-corrected chi connectivity index (χ3v) is 4.48. The van der Waals surface area contributed by atoms with Crippen LogP contribution in [0.25, 0.3) is 0 Å². The van der Waals surface area contributed by atoms with Gasteiger partial charge in [0.15, 0.2) is 0 Å². The van der Waals surface area contributed by atoms with Gasteiger partial charge in [0.25, 0.3) is 0 Å². The molecule has 1 N–H and O–H groups in total. The first-order valence-electron chi connectivity index (χ1n) is 5.77. The molecule has 0 aromatic heterocycles. The van der Waals surface area contributed by atoms with Crippen molar-refractivity contribution in [3.05, 3.63) is 29.3 Å². The average Bonchev–Trinajstić information content (AvgIpc) is 3.11. The number of nitrogens with one attached hydrogen (secondary N) is 1. The molecule has 7 heteroatoms. The van der Waals surface area contributed by atoms with E-state index in [0.717, 1.165) is 0 Å². The van der Waals surface area contributed by atoms with Gasteiger partial charge in [-0.2, -0.15) is 0 Å². The number of carbonyl (C=O) groups excluding carboxylic acids is 1. The van der Waals surface area contributed by atoms with E-state index < -0.39 is 19.0 Å². The van der Waals surface area contributed by atoms with Crippen molar-refractivity contribution in [1.29, 1.82) is 0 Å². The Balaban J connectivity index is 2.05. The highest BCUT2D eigenvalue weighted by molar-refractivity contribution is 7.56. The molecule has 19 heavy (non-hydrogen) atoms. The normalized spacial score (nSPS) is 19.3. The summed E-state index contributed by atoms with van der Waals surface area (Å²) in [6, 6.07) is 6.53. The van der Waals surface area contributed by atoms with Crippen LogP contribution in [-0.2, 0) is 14.1 Å². The summed E-state index contributed by atoms with van der Waals surface area (Å²) in [6.07, 6.45) is 1.20. The molecule has 104 valence electrons. The van der Waals surface area contributed by atoms with Crippen molar-refractivity contribution in [2.24, 2.45) is 0 Å². The quantitative estimate of drug-likeness (QED) is 0.669. The van der Waals surface area contributed by atoms with Crippen molar-refractivity contribution in [3.8, 4) is 5.75 Å². The van der Waals surface area contributed by atoms with E-state index in [-0.39, 0.29) is 0 Å². The molecule has 1 atom stereocenters. The Morgan fingerprint density at radius 2 is 1.95 bits per heavy atom. The maximum atomic E-state index is 12.4. The van der Waals surface area contributed by atoms with Crippen LogP contribution in [0, 0.1) is 0 Å². The molecular formula is C12H15ClNO4P. The fourth-order valence-electron chi connectivity index (χ4n) is 1.79. The van der Waals surface area contributed by atoms with Crippen molar-refractivity contribution < 1.29 is 18.6 Å². The number of halogens is 1. The summed E-state index contributed by atoms with van der Waals surface area (Å²) >= 11 is 5.76. The van der Waals surface area contributed by atoms with Gasteiger partial charge in [-0.15, -0.1) is 0 Å². The SMILES string of the molecule is COC(=O)C1(NP(C)(=O)Oc2ccc(Cl)cc2)CC1. The molecule has 1 aromatic rings. The Morgan fingerprint density at radius 1 is 1.37 bits per heavy atom. The molecule has 0 spiro atoms. The van der Waals surface area contributed by atoms with Gasteiger partial charge in [0.2, 0.25) is 0 Å². The van der Waals surface area contributed by atoms with E-state index in [1.807, 2.05) is 0 Å². The lowest BCUT2D eigenvalue weighted by Gasteiger charge is -2.21. The topological polar surface area (TPSA) is 64.6 Å². The molecule has 0 amide bonds. The summed E-state index contributed by atoms with van der Waals surface area (Å²) in [7, 11) is -1.84. The number of ether oxygens (including phenoxy) is 1. The summed E-state index contributed by atoms with van der Waals surface area (Å²) in [5.41, 5.74) is -0.856. The number of methoxy groups -OCH3 is 1. The van der Waals surface area contributed by atoms with E-state index in [4.69, 9.17) is 20.9 Å². The van der Waals surface area contributed by atoms with Crippen LogP contribution in [0.2, 0.25) is 5.02 Å². The first-order chi connectivity index (χ1) is 8.87. The number of benzene rings is 1. The standard InChI is InChI=1S/C12H15ClNO4P/c1-17-11(15)12(7-8-12)14-19(2,16)18-10-5-3-9(13)4-6-10/h3-6H,7-8H2,1-2H3,(H,14,16). The smallest absolute Gasteiger partial charge is 0.326 e. The van der Waals surface area contributed by atoms with Crippen LogP contribution in [0.1, 0.15) is 12.8 Å². The van der Waals surface area contributed by atoms with Crippen molar-refractivity contribution in [2.75, 3.05) is 13.8 Å². The maximum absolute atomic E-state index is 12.4. The fourth-order valence-corrected chi connectivity index (χ4v) is 3.58. The van der Waals surface area contributed by atoms with Gasteiger partial charge >= 0.3 is 13.5 Å². The van der Waals surface area contributed by atoms with E-state index in [1.165, 1.54) is 13.8 Å². The molecule has 2 rings (SSSR count). The van der Waals surface area contributed by atoms with Crippen LogP contribution < -0.4 is 9.61 Å².